The number of hydrogen-bond donors (Lipinski definition) is 3. The molecule has 1 aromatic carbocycles. The quantitative estimate of drug-likeness (QED) is 0.783. The summed E-state index contributed by atoms with van der Waals surface area (Å²) in [7, 11) is 0. The summed E-state index contributed by atoms with van der Waals surface area (Å²) in [6.45, 7) is 2.87. The first-order valence-corrected chi connectivity index (χ1v) is 8.29. The van der Waals surface area contributed by atoms with Crippen molar-refractivity contribution < 1.29 is 9.90 Å². The second kappa shape index (κ2) is 5.92. The number of nitrogens with one attached hydrogen (secondary N) is 2. The highest BCUT2D eigenvalue weighted by Gasteiger charge is 2.44. The van der Waals surface area contributed by atoms with E-state index < -0.39 is 0 Å². The lowest BCUT2D eigenvalue weighted by Gasteiger charge is -2.30. The van der Waals surface area contributed by atoms with Gasteiger partial charge in [-0.25, -0.2) is 4.79 Å². The van der Waals surface area contributed by atoms with Gasteiger partial charge in [0.2, 0.25) is 0 Å². The first kappa shape index (κ1) is 15.3. The van der Waals surface area contributed by atoms with E-state index in [4.69, 9.17) is 0 Å². The van der Waals surface area contributed by atoms with Gasteiger partial charge >= 0.3 is 6.03 Å². The molecule has 0 radical (unpaired) electrons. The van der Waals surface area contributed by atoms with Crippen LogP contribution in [0.2, 0.25) is 0 Å². The maximum atomic E-state index is 12.2. The molecule has 2 fully saturated rings. The van der Waals surface area contributed by atoms with E-state index in [0.29, 0.717) is 6.54 Å². The molecule has 0 bridgehead atoms. The molecule has 0 saturated heterocycles. The van der Waals surface area contributed by atoms with E-state index in [1.54, 1.807) is 0 Å². The van der Waals surface area contributed by atoms with Gasteiger partial charge in [-0.05, 0) is 31.2 Å². The van der Waals surface area contributed by atoms with Gasteiger partial charge in [0.05, 0.1) is 6.61 Å². The van der Waals surface area contributed by atoms with Gasteiger partial charge in [-0.15, -0.1) is 0 Å². The van der Waals surface area contributed by atoms with Gasteiger partial charge in [-0.3, -0.25) is 0 Å². The van der Waals surface area contributed by atoms with Crippen LogP contribution in [0.5, 0.6) is 0 Å². The molecular weight excluding hydrogens is 276 g/mol. The zero-order valence-electron chi connectivity index (χ0n) is 13.3. The van der Waals surface area contributed by atoms with Gasteiger partial charge in [0.25, 0.3) is 0 Å². The molecule has 2 unspecified atom stereocenters. The van der Waals surface area contributed by atoms with Crippen molar-refractivity contribution in [3.63, 3.8) is 0 Å². The van der Waals surface area contributed by atoms with Crippen LogP contribution in [0.1, 0.15) is 44.6 Å². The molecule has 4 nitrogen and oxygen atoms in total. The molecule has 2 aliphatic carbocycles. The van der Waals surface area contributed by atoms with E-state index in [2.05, 4.69) is 41.8 Å². The number of aliphatic hydroxyl groups excluding tert-OH is 1. The van der Waals surface area contributed by atoms with E-state index >= 15 is 0 Å². The lowest BCUT2D eigenvalue weighted by atomic mass is 9.86. The fraction of sp³-hybridized carbons (Fsp3) is 0.611. The third-order valence-corrected chi connectivity index (χ3v) is 5.58. The predicted molar refractivity (Wildman–Crippen MR) is 86.7 cm³/mol. The Morgan fingerprint density at radius 3 is 2.64 bits per heavy atom. The molecule has 3 rings (SSSR count). The van der Waals surface area contributed by atoms with Crippen LogP contribution in [0, 0.1) is 5.41 Å². The lowest BCUT2D eigenvalue weighted by Crippen LogP contribution is -2.49. The Hall–Kier alpha value is -1.55. The van der Waals surface area contributed by atoms with Crippen LogP contribution in [0.4, 0.5) is 4.79 Å². The van der Waals surface area contributed by atoms with Gasteiger partial charge in [0.15, 0.2) is 0 Å². The Balaban J connectivity index is 1.53. The molecule has 2 saturated carbocycles. The normalized spacial score (nSPS) is 29.1. The summed E-state index contributed by atoms with van der Waals surface area (Å²) in [6, 6.07) is 10.4. The van der Waals surface area contributed by atoms with Crippen molar-refractivity contribution >= 4 is 6.03 Å². The Kier molecular flexibility index (Phi) is 4.13. The van der Waals surface area contributed by atoms with Crippen molar-refractivity contribution in [1.29, 1.82) is 0 Å². The summed E-state index contributed by atoms with van der Waals surface area (Å²) >= 11 is 0. The van der Waals surface area contributed by atoms with Crippen LogP contribution in [0.15, 0.2) is 30.3 Å². The first-order valence-electron chi connectivity index (χ1n) is 8.29. The third-order valence-electron chi connectivity index (χ3n) is 5.58. The van der Waals surface area contributed by atoms with E-state index in [1.165, 1.54) is 5.56 Å². The van der Waals surface area contributed by atoms with Crippen LogP contribution in [0.3, 0.4) is 0 Å². The van der Waals surface area contributed by atoms with Gasteiger partial charge < -0.3 is 15.7 Å². The molecule has 2 amide bonds. The van der Waals surface area contributed by atoms with Crippen molar-refractivity contribution in [2.45, 2.75) is 50.5 Å². The molecule has 2 atom stereocenters. The summed E-state index contributed by atoms with van der Waals surface area (Å²) in [6.07, 6.45) is 5.26. The fourth-order valence-corrected chi connectivity index (χ4v) is 3.64. The molecule has 0 aromatic heterocycles. The minimum Gasteiger partial charge on any atom is -0.396 e. The third kappa shape index (κ3) is 2.98. The standard InChI is InChI=1S/C18H26N2O2/c1-17(13-21)9-5-8-15(17)20-16(22)19-12-18(10-11-18)14-6-3-2-4-7-14/h2-4,6-7,15,21H,5,8-13H2,1H3,(H2,19,20,22). The van der Waals surface area contributed by atoms with Crippen LogP contribution < -0.4 is 10.6 Å². The van der Waals surface area contributed by atoms with Gasteiger partial charge in [-0.2, -0.15) is 0 Å². The van der Waals surface area contributed by atoms with Crippen molar-refractivity contribution in [2.24, 2.45) is 5.41 Å². The summed E-state index contributed by atoms with van der Waals surface area (Å²) in [4.78, 5) is 12.2. The minimum absolute atomic E-state index is 0.0735. The molecule has 22 heavy (non-hydrogen) atoms. The average Bonchev–Trinajstić information content (AvgIpc) is 3.26. The van der Waals surface area contributed by atoms with Crippen LogP contribution >= 0.6 is 0 Å². The van der Waals surface area contributed by atoms with E-state index in [-0.39, 0.29) is 29.5 Å². The molecule has 4 heteroatoms. The number of amides is 2. The molecular formula is C18H26N2O2. The number of aliphatic hydroxyl groups is 1. The molecule has 2 aliphatic rings. The fourth-order valence-electron chi connectivity index (χ4n) is 3.64. The molecule has 0 spiro atoms. The highest BCUT2D eigenvalue weighted by atomic mass is 16.3. The van der Waals surface area contributed by atoms with E-state index in [9.17, 15) is 9.90 Å². The number of hydrogen-bond acceptors (Lipinski definition) is 2. The summed E-state index contributed by atoms with van der Waals surface area (Å²) < 4.78 is 0. The summed E-state index contributed by atoms with van der Waals surface area (Å²) in [5, 5.41) is 15.7. The Morgan fingerprint density at radius 2 is 2.00 bits per heavy atom. The number of carbonyl (C=O) groups is 1. The Labute approximate surface area is 132 Å². The maximum absolute atomic E-state index is 12.2. The zero-order valence-corrected chi connectivity index (χ0v) is 13.3. The smallest absolute Gasteiger partial charge is 0.315 e. The molecule has 0 aliphatic heterocycles. The van der Waals surface area contributed by atoms with Gasteiger partial charge in [0.1, 0.15) is 0 Å². The number of benzene rings is 1. The predicted octanol–water partition coefficient (Wildman–Crippen LogP) is 2.57. The molecule has 120 valence electrons. The Bertz CT molecular complexity index is 527. The average molecular weight is 302 g/mol. The second-order valence-electron chi connectivity index (χ2n) is 7.23. The second-order valence-corrected chi connectivity index (χ2v) is 7.23. The lowest BCUT2D eigenvalue weighted by molar-refractivity contribution is 0.121. The monoisotopic (exact) mass is 302 g/mol. The van der Waals surface area contributed by atoms with Crippen molar-refractivity contribution in [1.82, 2.24) is 10.6 Å². The van der Waals surface area contributed by atoms with Crippen molar-refractivity contribution in [3.05, 3.63) is 35.9 Å². The minimum atomic E-state index is -0.173. The maximum Gasteiger partial charge on any atom is 0.315 e. The topological polar surface area (TPSA) is 61.4 Å². The molecule has 3 N–H and O–H groups in total. The largest absolute Gasteiger partial charge is 0.396 e. The van der Waals surface area contributed by atoms with E-state index in [1.807, 2.05) is 6.07 Å². The first-order chi connectivity index (χ1) is 10.6. The SMILES string of the molecule is CC1(CO)CCCC1NC(=O)NCC1(c2ccccc2)CC1. The highest BCUT2D eigenvalue weighted by Crippen LogP contribution is 2.47. The van der Waals surface area contributed by atoms with Crippen molar-refractivity contribution in [2.75, 3.05) is 13.2 Å². The number of carbonyl (C=O) groups excluding carboxylic acids is 1. The zero-order chi connectivity index (χ0) is 15.6. The molecule has 0 heterocycles. The van der Waals surface area contributed by atoms with Crippen LogP contribution in [-0.4, -0.2) is 30.3 Å². The Morgan fingerprint density at radius 1 is 1.27 bits per heavy atom. The van der Waals surface area contributed by atoms with Crippen LogP contribution in [-0.2, 0) is 5.41 Å². The molecule has 1 aromatic rings. The van der Waals surface area contributed by atoms with Crippen LogP contribution in [0.25, 0.3) is 0 Å². The highest BCUT2D eigenvalue weighted by molar-refractivity contribution is 5.74. The van der Waals surface area contributed by atoms with Gasteiger partial charge in [0, 0.05) is 23.4 Å². The summed E-state index contributed by atoms with van der Waals surface area (Å²) in [5.74, 6) is 0. The number of urea groups is 1. The van der Waals surface area contributed by atoms with Gasteiger partial charge in [-0.1, -0.05) is 43.7 Å². The van der Waals surface area contributed by atoms with E-state index in [0.717, 1.165) is 32.1 Å². The summed E-state index contributed by atoms with van der Waals surface area (Å²) in [5.41, 5.74) is 1.28. The van der Waals surface area contributed by atoms with Crippen molar-refractivity contribution in [3.8, 4) is 0 Å². The number of rotatable bonds is 5.